The van der Waals surface area contributed by atoms with Gasteiger partial charge in [-0.25, -0.2) is 4.98 Å². The summed E-state index contributed by atoms with van der Waals surface area (Å²) >= 11 is 3.16. The third-order valence-corrected chi connectivity index (χ3v) is 2.19. The van der Waals surface area contributed by atoms with Crippen molar-refractivity contribution in [1.82, 2.24) is 4.98 Å². The van der Waals surface area contributed by atoms with Crippen molar-refractivity contribution in [1.29, 1.82) is 0 Å². The Balaban J connectivity index is 3.04. The van der Waals surface area contributed by atoms with Gasteiger partial charge in [0.1, 0.15) is 4.60 Å². The number of hydrogen-bond acceptors (Lipinski definition) is 4. The van der Waals surface area contributed by atoms with Gasteiger partial charge in [0.25, 0.3) is 0 Å². The Morgan fingerprint density at radius 2 is 2.15 bits per heavy atom. The first-order valence-electron chi connectivity index (χ1n) is 3.40. The van der Waals surface area contributed by atoms with Gasteiger partial charge in [0.15, 0.2) is 5.75 Å². The highest BCUT2D eigenvalue weighted by molar-refractivity contribution is 9.10. The summed E-state index contributed by atoms with van der Waals surface area (Å²) < 4.78 is 26.9. The highest BCUT2D eigenvalue weighted by Crippen LogP contribution is 2.20. The molecule has 0 bridgehead atoms. The Kier molecular flexibility index (Phi) is 2.92. The molecule has 4 nitrogen and oxygen atoms in total. The van der Waals surface area contributed by atoms with Crippen LogP contribution in [0.3, 0.4) is 0 Å². The predicted molar refractivity (Wildman–Crippen MR) is 52.1 cm³/mol. The molecule has 0 spiro atoms. The summed E-state index contributed by atoms with van der Waals surface area (Å²) in [6.07, 6.45) is 2.36. The van der Waals surface area contributed by atoms with Crippen LogP contribution in [-0.4, -0.2) is 19.7 Å². The second-order valence-electron chi connectivity index (χ2n) is 2.56. The molecule has 0 fully saturated rings. The molecule has 0 aliphatic rings. The summed E-state index contributed by atoms with van der Waals surface area (Å²) in [6, 6.07) is 1.68. The third kappa shape index (κ3) is 3.31. The third-order valence-electron chi connectivity index (χ3n) is 1.27. The zero-order chi connectivity index (χ0) is 10.1. The van der Waals surface area contributed by atoms with Crippen molar-refractivity contribution in [3.8, 4) is 5.75 Å². The number of hydrogen-bond donors (Lipinski definition) is 0. The second-order valence-corrected chi connectivity index (χ2v) is 4.95. The Hall–Kier alpha value is -0.620. The molecule has 1 rings (SSSR count). The lowest BCUT2D eigenvalue weighted by atomic mass is 10.3. The van der Waals surface area contributed by atoms with Crippen LogP contribution in [-0.2, 0) is 10.1 Å². The minimum absolute atomic E-state index is 0.255. The van der Waals surface area contributed by atoms with Gasteiger partial charge in [-0.05, 0) is 34.5 Å². The van der Waals surface area contributed by atoms with E-state index < -0.39 is 10.1 Å². The summed E-state index contributed by atoms with van der Waals surface area (Å²) in [4.78, 5) is 3.85. The van der Waals surface area contributed by atoms with Crippen LogP contribution in [0.1, 0.15) is 5.56 Å². The first-order chi connectivity index (χ1) is 5.88. The highest BCUT2D eigenvalue weighted by atomic mass is 79.9. The van der Waals surface area contributed by atoms with E-state index in [4.69, 9.17) is 0 Å². The quantitative estimate of drug-likeness (QED) is 0.601. The molecule has 1 aromatic rings. The van der Waals surface area contributed by atoms with E-state index in [2.05, 4.69) is 25.1 Å². The summed E-state index contributed by atoms with van der Waals surface area (Å²) in [5.74, 6) is 0.255. The number of aryl methyl sites for hydroxylation is 1. The largest absolute Gasteiger partial charge is 0.381 e. The smallest absolute Gasteiger partial charge is 0.306 e. The van der Waals surface area contributed by atoms with E-state index in [1.54, 1.807) is 13.0 Å². The fourth-order valence-corrected chi connectivity index (χ4v) is 1.71. The van der Waals surface area contributed by atoms with Gasteiger partial charge in [-0.15, -0.1) is 0 Å². The van der Waals surface area contributed by atoms with Crippen LogP contribution in [0, 0.1) is 6.92 Å². The van der Waals surface area contributed by atoms with E-state index in [9.17, 15) is 8.42 Å². The molecule has 0 radical (unpaired) electrons. The molecule has 0 saturated heterocycles. The van der Waals surface area contributed by atoms with Gasteiger partial charge in [-0.1, -0.05) is 0 Å². The maximum atomic E-state index is 10.8. The summed E-state index contributed by atoms with van der Waals surface area (Å²) in [7, 11) is -3.47. The fraction of sp³-hybridized carbons (Fsp3) is 0.286. The van der Waals surface area contributed by atoms with Crippen molar-refractivity contribution in [2.75, 3.05) is 6.26 Å². The van der Waals surface area contributed by atoms with Gasteiger partial charge < -0.3 is 4.18 Å². The topological polar surface area (TPSA) is 56.3 Å². The molecule has 0 aliphatic carbocycles. The summed E-state index contributed by atoms with van der Waals surface area (Å²) in [5.41, 5.74) is 0.715. The number of nitrogens with zero attached hydrogens (tertiary/aromatic N) is 1. The Morgan fingerprint density at radius 3 is 2.62 bits per heavy atom. The number of pyridine rings is 1. The van der Waals surface area contributed by atoms with Gasteiger partial charge in [0.05, 0.1) is 12.5 Å². The van der Waals surface area contributed by atoms with Crippen LogP contribution >= 0.6 is 15.9 Å². The first-order valence-corrected chi connectivity index (χ1v) is 6.01. The van der Waals surface area contributed by atoms with Crippen molar-refractivity contribution in [2.24, 2.45) is 0 Å². The predicted octanol–water partition coefficient (Wildman–Crippen LogP) is 1.49. The van der Waals surface area contributed by atoms with Crippen molar-refractivity contribution in [3.63, 3.8) is 0 Å². The van der Waals surface area contributed by atoms with E-state index in [-0.39, 0.29) is 5.75 Å². The van der Waals surface area contributed by atoms with Crippen LogP contribution in [0.2, 0.25) is 0 Å². The zero-order valence-electron chi connectivity index (χ0n) is 7.11. The van der Waals surface area contributed by atoms with E-state index in [0.29, 0.717) is 10.2 Å². The molecule has 1 aromatic heterocycles. The molecule has 0 amide bonds. The monoisotopic (exact) mass is 265 g/mol. The minimum Gasteiger partial charge on any atom is -0.381 e. The van der Waals surface area contributed by atoms with Crippen LogP contribution in [0.25, 0.3) is 0 Å². The molecule has 0 aliphatic heterocycles. The highest BCUT2D eigenvalue weighted by Gasteiger charge is 2.07. The van der Waals surface area contributed by atoms with Gasteiger partial charge in [0.2, 0.25) is 0 Å². The van der Waals surface area contributed by atoms with Crippen molar-refractivity contribution >= 4 is 26.0 Å². The Labute approximate surface area is 85.2 Å². The lowest BCUT2D eigenvalue weighted by Gasteiger charge is -2.05. The molecule has 0 atom stereocenters. The molecular weight excluding hydrogens is 258 g/mol. The minimum atomic E-state index is -3.47. The molecule has 0 N–H and O–H groups in total. The Morgan fingerprint density at radius 1 is 1.54 bits per heavy atom. The first kappa shape index (κ1) is 10.5. The van der Waals surface area contributed by atoms with Gasteiger partial charge in [-0.2, -0.15) is 8.42 Å². The molecule has 13 heavy (non-hydrogen) atoms. The van der Waals surface area contributed by atoms with E-state index in [0.717, 1.165) is 6.26 Å². The van der Waals surface area contributed by atoms with Crippen LogP contribution in [0.5, 0.6) is 5.75 Å². The van der Waals surface area contributed by atoms with Crippen molar-refractivity contribution < 1.29 is 12.6 Å². The van der Waals surface area contributed by atoms with E-state index >= 15 is 0 Å². The molecule has 0 aromatic carbocycles. The number of halogens is 1. The average molecular weight is 266 g/mol. The lowest BCUT2D eigenvalue weighted by molar-refractivity contribution is 0.489. The fourth-order valence-electron chi connectivity index (χ4n) is 0.759. The van der Waals surface area contributed by atoms with E-state index in [1.165, 1.54) is 6.20 Å². The van der Waals surface area contributed by atoms with Crippen LogP contribution in [0.4, 0.5) is 0 Å². The SMILES string of the molecule is Cc1cc(Br)ncc1OS(C)(=O)=O. The molecule has 6 heteroatoms. The molecule has 1 heterocycles. The normalized spacial score (nSPS) is 11.3. The van der Waals surface area contributed by atoms with E-state index in [1.807, 2.05) is 0 Å². The summed E-state index contributed by atoms with van der Waals surface area (Å²) in [6.45, 7) is 1.74. The number of rotatable bonds is 2. The molecule has 72 valence electrons. The van der Waals surface area contributed by atoms with Crippen molar-refractivity contribution in [3.05, 3.63) is 22.4 Å². The standard InChI is InChI=1S/C7H8BrNO3S/c1-5-3-7(8)9-4-6(5)12-13(2,10)11/h3-4H,1-2H3. The molecular formula is C7H8BrNO3S. The van der Waals surface area contributed by atoms with Gasteiger partial charge in [0, 0.05) is 0 Å². The summed E-state index contributed by atoms with van der Waals surface area (Å²) in [5, 5.41) is 0. The Bertz CT molecular complexity index is 416. The molecule has 0 unspecified atom stereocenters. The average Bonchev–Trinajstić information content (AvgIpc) is 1.93. The van der Waals surface area contributed by atoms with Crippen molar-refractivity contribution in [2.45, 2.75) is 6.92 Å². The number of aromatic nitrogens is 1. The van der Waals surface area contributed by atoms with Crippen LogP contribution < -0.4 is 4.18 Å². The molecule has 0 saturated carbocycles. The maximum absolute atomic E-state index is 10.8. The lowest BCUT2D eigenvalue weighted by Crippen LogP contribution is -2.07. The second kappa shape index (κ2) is 3.63. The van der Waals surface area contributed by atoms with Crippen LogP contribution in [0.15, 0.2) is 16.9 Å². The van der Waals surface area contributed by atoms with Gasteiger partial charge in [-0.3, -0.25) is 0 Å². The van der Waals surface area contributed by atoms with Gasteiger partial charge >= 0.3 is 10.1 Å². The zero-order valence-corrected chi connectivity index (χ0v) is 9.52. The maximum Gasteiger partial charge on any atom is 0.306 e.